The zero-order chi connectivity index (χ0) is 14.0. The van der Waals surface area contributed by atoms with Crippen molar-refractivity contribution < 1.29 is 14.7 Å². The summed E-state index contributed by atoms with van der Waals surface area (Å²) in [7, 11) is 0. The van der Waals surface area contributed by atoms with E-state index in [1.165, 1.54) is 0 Å². The van der Waals surface area contributed by atoms with E-state index in [9.17, 15) is 9.59 Å². The summed E-state index contributed by atoms with van der Waals surface area (Å²) in [4.78, 5) is 22.4. The van der Waals surface area contributed by atoms with Gasteiger partial charge in [-0.2, -0.15) is 0 Å². The molecule has 18 heavy (non-hydrogen) atoms. The Morgan fingerprint density at radius 1 is 1.11 bits per heavy atom. The summed E-state index contributed by atoms with van der Waals surface area (Å²) < 4.78 is 0. The summed E-state index contributed by atoms with van der Waals surface area (Å²) in [6.45, 7) is 6.12. The van der Waals surface area contributed by atoms with Crippen LogP contribution in [0.2, 0.25) is 0 Å². The molecule has 0 aliphatic carbocycles. The van der Waals surface area contributed by atoms with E-state index in [4.69, 9.17) is 5.11 Å². The topological polar surface area (TPSA) is 66.4 Å². The molecular formula is C14H27NO3. The number of nitrogens with one attached hydrogen (secondary N) is 1. The first-order valence-corrected chi connectivity index (χ1v) is 7.03. The van der Waals surface area contributed by atoms with Crippen molar-refractivity contribution in [2.75, 3.05) is 0 Å². The molecule has 0 aliphatic rings. The molecule has 1 atom stereocenters. The van der Waals surface area contributed by atoms with Crippen LogP contribution < -0.4 is 5.32 Å². The number of amides is 1. The molecule has 2 N–H and O–H groups in total. The highest BCUT2D eigenvalue weighted by Gasteiger charge is 2.18. The van der Waals surface area contributed by atoms with Gasteiger partial charge >= 0.3 is 5.97 Å². The standard InChI is InChI=1S/C14H27NO3/c1-4-7-12(8-5-2)14(18)15-11(3)9-6-10-13(16)17/h11-12H,4-10H2,1-3H3,(H,15,18)(H,16,17). The van der Waals surface area contributed by atoms with Crippen molar-refractivity contribution in [2.24, 2.45) is 5.92 Å². The van der Waals surface area contributed by atoms with E-state index in [1.54, 1.807) is 0 Å². The molecule has 0 saturated carbocycles. The van der Waals surface area contributed by atoms with Gasteiger partial charge in [0.15, 0.2) is 0 Å². The molecule has 0 rings (SSSR count). The van der Waals surface area contributed by atoms with Crippen molar-refractivity contribution in [1.82, 2.24) is 5.32 Å². The van der Waals surface area contributed by atoms with Gasteiger partial charge in [-0.15, -0.1) is 0 Å². The van der Waals surface area contributed by atoms with Crippen LogP contribution in [0.4, 0.5) is 0 Å². The van der Waals surface area contributed by atoms with Crippen molar-refractivity contribution in [3.63, 3.8) is 0 Å². The molecule has 0 bridgehead atoms. The number of hydrogen-bond acceptors (Lipinski definition) is 2. The Bertz CT molecular complexity index is 247. The van der Waals surface area contributed by atoms with E-state index in [1.807, 2.05) is 6.92 Å². The van der Waals surface area contributed by atoms with Gasteiger partial charge in [0.1, 0.15) is 0 Å². The van der Waals surface area contributed by atoms with Crippen LogP contribution in [0.3, 0.4) is 0 Å². The van der Waals surface area contributed by atoms with Crippen LogP contribution in [-0.2, 0) is 9.59 Å². The summed E-state index contributed by atoms with van der Waals surface area (Å²) in [6, 6.07) is 0.0630. The SMILES string of the molecule is CCCC(CCC)C(=O)NC(C)CCCC(=O)O. The van der Waals surface area contributed by atoms with E-state index in [0.717, 1.165) is 32.1 Å². The molecule has 0 spiro atoms. The highest BCUT2D eigenvalue weighted by Crippen LogP contribution is 2.14. The number of carboxylic acid groups (broad SMARTS) is 1. The van der Waals surface area contributed by atoms with Crippen LogP contribution in [0.1, 0.15) is 65.7 Å². The quantitative estimate of drug-likeness (QED) is 0.632. The van der Waals surface area contributed by atoms with Gasteiger partial charge in [-0.25, -0.2) is 0 Å². The third kappa shape index (κ3) is 8.09. The second-order valence-corrected chi connectivity index (χ2v) is 4.97. The first kappa shape index (κ1) is 16.9. The summed E-state index contributed by atoms with van der Waals surface area (Å²) in [5, 5.41) is 11.5. The molecule has 0 radical (unpaired) electrons. The third-order valence-corrected chi connectivity index (χ3v) is 3.06. The normalized spacial score (nSPS) is 12.4. The Hall–Kier alpha value is -1.06. The van der Waals surface area contributed by atoms with Crippen LogP contribution in [0.15, 0.2) is 0 Å². The van der Waals surface area contributed by atoms with E-state index in [2.05, 4.69) is 19.2 Å². The Balaban J connectivity index is 3.98. The summed E-state index contributed by atoms with van der Waals surface area (Å²) in [5.74, 6) is -0.535. The van der Waals surface area contributed by atoms with E-state index in [-0.39, 0.29) is 24.3 Å². The van der Waals surface area contributed by atoms with E-state index < -0.39 is 5.97 Å². The van der Waals surface area contributed by atoms with Gasteiger partial charge in [-0.1, -0.05) is 26.7 Å². The molecule has 0 aliphatic heterocycles. The maximum Gasteiger partial charge on any atom is 0.303 e. The molecule has 1 unspecified atom stereocenters. The minimum atomic E-state index is -0.775. The van der Waals surface area contributed by atoms with Crippen LogP contribution >= 0.6 is 0 Å². The van der Waals surface area contributed by atoms with Crippen LogP contribution in [-0.4, -0.2) is 23.0 Å². The first-order valence-electron chi connectivity index (χ1n) is 7.03. The summed E-state index contributed by atoms with van der Waals surface area (Å²) >= 11 is 0. The van der Waals surface area contributed by atoms with Crippen molar-refractivity contribution >= 4 is 11.9 Å². The maximum atomic E-state index is 12.0. The van der Waals surface area contributed by atoms with Gasteiger partial charge in [0, 0.05) is 18.4 Å². The number of carboxylic acids is 1. The fraction of sp³-hybridized carbons (Fsp3) is 0.857. The number of aliphatic carboxylic acids is 1. The average molecular weight is 257 g/mol. The monoisotopic (exact) mass is 257 g/mol. The molecule has 0 fully saturated rings. The predicted molar refractivity (Wildman–Crippen MR) is 72.4 cm³/mol. The lowest BCUT2D eigenvalue weighted by Gasteiger charge is -2.19. The van der Waals surface area contributed by atoms with Crippen LogP contribution in [0.5, 0.6) is 0 Å². The number of carbonyl (C=O) groups is 2. The highest BCUT2D eigenvalue weighted by molar-refractivity contribution is 5.78. The van der Waals surface area contributed by atoms with Gasteiger partial charge in [-0.3, -0.25) is 9.59 Å². The van der Waals surface area contributed by atoms with E-state index >= 15 is 0 Å². The summed E-state index contributed by atoms with van der Waals surface area (Å²) in [5.41, 5.74) is 0. The fourth-order valence-corrected chi connectivity index (χ4v) is 2.10. The van der Waals surface area contributed by atoms with Crippen molar-refractivity contribution in [2.45, 2.75) is 71.8 Å². The lowest BCUT2D eigenvalue weighted by Crippen LogP contribution is -2.37. The zero-order valence-electron chi connectivity index (χ0n) is 11.9. The van der Waals surface area contributed by atoms with Gasteiger partial charge < -0.3 is 10.4 Å². The van der Waals surface area contributed by atoms with Gasteiger partial charge in [0.25, 0.3) is 0 Å². The second-order valence-electron chi connectivity index (χ2n) is 4.97. The lowest BCUT2D eigenvalue weighted by molar-refractivity contribution is -0.137. The largest absolute Gasteiger partial charge is 0.481 e. The molecule has 0 aromatic rings. The smallest absolute Gasteiger partial charge is 0.303 e. The second kappa shape index (κ2) is 9.92. The molecule has 1 amide bonds. The zero-order valence-corrected chi connectivity index (χ0v) is 11.9. The Morgan fingerprint density at radius 3 is 2.11 bits per heavy atom. The number of hydrogen-bond donors (Lipinski definition) is 2. The molecule has 4 heteroatoms. The number of carbonyl (C=O) groups excluding carboxylic acids is 1. The molecule has 0 heterocycles. The maximum absolute atomic E-state index is 12.0. The highest BCUT2D eigenvalue weighted by atomic mass is 16.4. The molecule has 0 aromatic heterocycles. The van der Waals surface area contributed by atoms with Crippen LogP contribution in [0.25, 0.3) is 0 Å². The van der Waals surface area contributed by atoms with Crippen LogP contribution in [0, 0.1) is 5.92 Å². The molecule has 0 saturated heterocycles. The minimum absolute atomic E-state index is 0.0630. The van der Waals surface area contributed by atoms with Gasteiger partial charge in [-0.05, 0) is 32.6 Å². The van der Waals surface area contributed by atoms with Gasteiger partial charge in [0.05, 0.1) is 0 Å². The lowest BCUT2D eigenvalue weighted by atomic mass is 9.97. The van der Waals surface area contributed by atoms with E-state index in [0.29, 0.717) is 6.42 Å². The van der Waals surface area contributed by atoms with Crippen molar-refractivity contribution in [3.8, 4) is 0 Å². The van der Waals surface area contributed by atoms with Gasteiger partial charge in [0.2, 0.25) is 5.91 Å². The molecule has 4 nitrogen and oxygen atoms in total. The fourth-order valence-electron chi connectivity index (χ4n) is 2.10. The van der Waals surface area contributed by atoms with Crippen molar-refractivity contribution in [1.29, 1.82) is 0 Å². The number of rotatable bonds is 10. The molecule has 0 aromatic carbocycles. The Kier molecular flexibility index (Phi) is 9.33. The third-order valence-electron chi connectivity index (χ3n) is 3.06. The Morgan fingerprint density at radius 2 is 1.67 bits per heavy atom. The van der Waals surface area contributed by atoms with Crippen molar-refractivity contribution in [3.05, 3.63) is 0 Å². The first-order chi connectivity index (χ1) is 8.51. The Labute approximate surface area is 110 Å². The predicted octanol–water partition coefficient (Wildman–Crippen LogP) is 2.96. The average Bonchev–Trinajstić information content (AvgIpc) is 2.28. The molecular weight excluding hydrogens is 230 g/mol. The molecule has 106 valence electrons. The minimum Gasteiger partial charge on any atom is -0.481 e. The summed E-state index contributed by atoms with van der Waals surface area (Å²) in [6.07, 6.45) is 5.42.